The lowest BCUT2D eigenvalue weighted by Gasteiger charge is -2.42. The van der Waals surface area contributed by atoms with Gasteiger partial charge in [-0.3, -0.25) is 10.3 Å². The fourth-order valence-corrected chi connectivity index (χ4v) is 6.30. The summed E-state index contributed by atoms with van der Waals surface area (Å²) in [7, 11) is 3.67. The number of anilines is 1. The zero-order valence-corrected chi connectivity index (χ0v) is 22.2. The van der Waals surface area contributed by atoms with Gasteiger partial charge < -0.3 is 14.7 Å². The standard InChI is InChI=1S/C27H29N7O2S/c1-17-12-21(13-18(2)29-17)23-22(20-7-5-6-19(14-20)15-28)30-24(37-23)31-25(35)34-10-8-27(9-11-34)16-32(3)26(36)33(27)4/h5-7,12-14H,8-11,16H2,1-4H3,(H,30,31,35). The maximum absolute atomic E-state index is 13.2. The number of nitrogens with one attached hydrogen (secondary N) is 1. The number of hydrogen-bond donors (Lipinski definition) is 1. The van der Waals surface area contributed by atoms with Crippen LogP contribution in [0, 0.1) is 25.2 Å². The molecule has 1 aromatic carbocycles. The molecule has 2 aliphatic rings. The lowest BCUT2D eigenvalue weighted by atomic mass is 9.87. The van der Waals surface area contributed by atoms with Crippen LogP contribution >= 0.6 is 11.3 Å². The molecular weight excluding hydrogens is 486 g/mol. The van der Waals surface area contributed by atoms with Gasteiger partial charge >= 0.3 is 12.1 Å². The zero-order valence-electron chi connectivity index (χ0n) is 21.4. The molecule has 2 fully saturated rings. The predicted octanol–water partition coefficient (Wildman–Crippen LogP) is 4.72. The molecule has 10 heteroatoms. The smallest absolute Gasteiger partial charge is 0.323 e. The number of nitriles is 1. The molecule has 0 unspecified atom stereocenters. The van der Waals surface area contributed by atoms with Gasteiger partial charge in [-0.2, -0.15) is 5.26 Å². The monoisotopic (exact) mass is 515 g/mol. The normalized spacial score (nSPS) is 16.8. The second kappa shape index (κ2) is 9.48. The Bertz CT molecular complexity index is 1400. The molecule has 0 aliphatic carbocycles. The second-order valence-electron chi connectivity index (χ2n) is 9.87. The summed E-state index contributed by atoms with van der Waals surface area (Å²) in [4.78, 5) is 41.1. The Kier molecular flexibility index (Phi) is 6.33. The van der Waals surface area contributed by atoms with Crippen LogP contribution in [0.3, 0.4) is 0 Å². The third kappa shape index (κ3) is 4.62. The predicted molar refractivity (Wildman–Crippen MR) is 143 cm³/mol. The summed E-state index contributed by atoms with van der Waals surface area (Å²) in [6, 6.07) is 13.4. The van der Waals surface area contributed by atoms with Crippen LogP contribution in [0.1, 0.15) is 29.8 Å². The van der Waals surface area contributed by atoms with Crippen molar-refractivity contribution >= 4 is 28.5 Å². The largest absolute Gasteiger partial charge is 0.325 e. The average molecular weight is 516 g/mol. The van der Waals surface area contributed by atoms with E-state index in [1.165, 1.54) is 11.3 Å². The molecule has 2 saturated heterocycles. The highest BCUT2D eigenvalue weighted by atomic mass is 32.1. The Hall–Kier alpha value is -3.97. The van der Waals surface area contributed by atoms with E-state index >= 15 is 0 Å². The molecule has 0 bridgehead atoms. The lowest BCUT2D eigenvalue weighted by molar-refractivity contribution is 0.105. The molecule has 5 rings (SSSR count). The van der Waals surface area contributed by atoms with Gasteiger partial charge in [-0.1, -0.05) is 23.5 Å². The van der Waals surface area contributed by atoms with Crippen molar-refractivity contribution in [1.82, 2.24) is 24.7 Å². The maximum atomic E-state index is 13.2. The van der Waals surface area contributed by atoms with Gasteiger partial charge in [-0.25, -0.2) is 14.6 Å². The third-order valence-electron chi connectivity index (χ3n) is 7.29. The minimum Gasteiger partial charge on any atom is -0.325 e. The van der Waals surface area contributed by atoms with E-state index in [-0.39, 0.29) is 17.6 Å². The molecule has 3 aromatic rings. The number of aromatic nitrogens is 2. The van der Waals surface area contributed by atoms with E-state index in [0.717, 1.165) is 40.2 Å². The van der Waals surface area contributed by atoms with Crippen molar-refractivity contribution in [3.8, 4) is 27.8 Å². The summed E-state index contributed by atoms with van der Waals surface area (Å²) < 4.78 is 0. The molecule has 0 atom stereocenters. The molecule has 2 aromatic heterocycles. The van der Waals surface area contributed by atoms with Gasteiger partial charge in [-0.15, -0.1) is 0 Å². The highest BCUT2D eigenvalue weighted by molar-refractivity contribution is 7.19. The lowest BCUT2D eigenvalue weighted by Crippen LogP contribution is -2.54. The van der Waals surface area contributed by atoms with Crippen LogP contribution in [0.4, 0.5) is 14.7 Å². The summed E-state index contributed by atoms with van der Waals surface area (Å²) in [6.45, 7) is 5.72. The van der Waals surface area contributed by atoms with Gasteiger partial charge in [0.05, 0.1) is 27.7 Å². The zero-order chi connectivity index (χ0) is 26.3. The molecule has 1 N–H and O–H groups in total. The molecule has 4 heterocycles. The van der Waals surface area contributed by atoms with Crippen molar-refractivity contribution in [2.45, 2.75) is 32.2 Å². The molecule has 4 amide bonds. The Morgan fingerprint density at radius 2 is 1.78 bits per heavy atom. The fourth-order valence-electron chi connectivity index (χ4n) is 5.33. The molecule has 190 valence electrons. The number of carbonyl (C=O) groups is 2. The topological polar surface area (TPSA) is 105 Å². The van der Waals surface area contributed by atoms with Crippen LogP contribution in [0.2, 0.25) is 0 Å². The summed E-state index contributed by atoms with van der Waals surface area (Å²) in [5, 5.41) is 12.9. The van der Waals surface area contributed by atoms with Crippen LogP contribution in [-0.4, -0.2) is 76.0 Å². The molecule has 37 heavy (non-hydrogen) atoms. The first kappa shape index (κ1) is 24.7. The molecule has 0 saturated carbocycles. The number of aryl methyl sites for hydroxylation is 2. The number of amides is 4. The van der Waals surface area contributed by atoms with Crippen molar-refractivity contribution in [3.05, 3.63) is 53.3 Å². The third-order valence-corrected chi connectivity index (χ3v) is 8.31. The number of pyridine rings is 1. The first-order chi connectivity index (χ1) is 17.7. The van der Waals surface area contributed by atoms with E-state index in [2.05, 4.69) is 16.4 Å². The van der Waals surface area contributed by atoms with Gasteiger partial charge in [0.1, 0.15) is 0 Å². The quantitative estimate of drug-likeness (QED) is 0.543. The van der Waals surface area contributed by atoms with Crippen LogP contribution in [0.15, 0.2) is 36.4 Å². The number of benzene rings is 1. The van der Waals surface area contributed by atoms with Gasteiger partial charge in [-0.05, 0) is 56.5 Å². The summed E-state index contributed by atoms with van der Waals surface area (Å²) in [6.07, 6.45) is 1.47. The van der Waals surface area contributed by atoms with Gasteiger partial charge in [0.25, 0.3) is 0 Å². The van der Waals surface area contributed by atoms with Gasteiger partial charge in [0.15, 0.2) is 5.13 Å². The minimum absolute atomic E-state index is 0.0304. The second-order valence-corrected chi connectivity index (χ2v) is 10.9. The van der Waals surface area contributed by atoms with Crippen LogP contribution < -0.4 is 5.32 Å². The SMILES string of the molecule is Cc1cc(-c2sc(NC(=O)N3CCC4(CC3)CN(C)C(=O)N4C)nc2-c2cccc(C#N)c2)cc(C)n1. The van der Waals surface area contributed by atoms with E-state index < -0.39 is 0 Å². The maximum Gasteiger partial charge on any atom is 0.323 e. The fraction of sp³-hybridized carbons (Fsp3) is 0.370. The molecule has 1 spiro atoms. The van der Waals surface area contributed by atoms with E-state index in [1.54, 1.807) is 15.9 Å². The number of piperidine rings is 1. The average Bonchev–Trinajstić information content (AvgIpc) is 3.39. The number of likely N-dealkylation sites (tertiary alicyclic amines) is 1. The van der Waals surface area contributed by atoms with Crippen LogP contribution in [-0.2, 0) is 0 Å². The minimum atomic E-state index is -0.215. The molecule has 2 aliphatic heterocycles. The van der Waals surface area contributed by atoms with Crippen molar-refractivity contribution in [2.24, 2.45) is 0 Å². The Morgan fingerprint density at radius 3 is 2.41 bits per heavy atom. The number of hydrogen-bond acceptors (Lipinski definition) is 6. The number of likely N-dealkylation sites (N-methyl/N-ethyl adjacent to an activating group) is 2. The van der Waals surface area contributed by atoms with Crippen molar-refractivity contribution < 1.29 is 9.59 Å². The molecular formula is C27H29N7O2S. The number of carbonyl (C=O) groups excluding carboxylic acids is 2. The highest BCUT2D eigenvalue weighted by Crippen LogP contribution is 2.40. The first-order valence-corrected chi connectivity index (χ1v) is 13.0. The van der Waals surface area contributed by atoms with Gasteiger partial charge in [0, 0.05) is 50.7 Å². The van der Waals surface area contributed by atoms with Crippen molar-refractivity contribution in [3.63, 3.8) is 0 Å². The Balaban J connectivity index is 1.40. The van der Waals surface area contributed by atoms with Crippen LogP contribution in [0.25, 0.3) is 21.7 Å². The van der Waals surface area contributed by atoms with E-state index in [4.69, 9.17) is 4.98 Å². The number of nitrogens with zero attached hydrogens (tertiary/aromatic N) is 6. The highest BCUT2D eigenvalue weighted by Gasteiger charge is 2.48. The van der Waals surface area contributed by atoms with E-state index in [0.29, 0.717) is 36.0 Å². The number of urea groups is 2. The Labute approximate surface area is 220 Å². The molecule has 0 radical (unpaired) electrons. The number of rotatable bonds is 3. The first-order valence-electron chi connectivity index (χ1n) is 12.2. The summed E-state index contributed by atoms with van der Waals surface area (Å²) >= 11 is 1.41. The van der Waals surface area contributed by atoms with E-state index in [1.807, 2.05) is 63.2 Å². The molecule has 9 nitrogen and oxygen atoms in total. The summed E-state index contributed by atoms with van der Waals surface area (Å²) in [5.74, 6) is 0. The van der Waals surface area contributed by atoms with Crippen molar-refractivity contribution in [2.75, 3.05) is 39.0 Å². The van der Waals surface area contributed by atoms with Gasteiger partial charge in [0.2, 0.25) is 0 Å². The Morgan fingerprint density at radius 1 is 1.08 bits per heavy atom. The van der Waals surface area contributed by atoms with Crippen molar-refractivity contribution in [1.29, 1.82) is 5.26 Å². The van der Waals surface area contributed by atoms with E-state index in [9.17, 15) is 14.9 Å². The summed E-state index contributed by atoms with van der Waals surface area (Å²) in [5.41, 5.74) is 4.63. The van der Waals surface area contributed by atoms with Crippen LogP contribution in [0.5, 0.6) is 0 Å². The number of thiazole rings is 1.